The molecule has 2 atom stereocenters. The highest BCUT2D eigenvalue weighted by Crippen LogP contribution is 2.35. The number of halogens is 4. The molecule has 1 fully saturated rings. The molecule has 1 amide bonds. The van der Waals surface area contributed by atoms with Crippen LogP contribution in [0.2, 0.25) is 0 Å². The number of carbonyl (C=O) groups excluding carboxylic acids is 1. The molecule has 5 rings (SSSR count). The first-order valence-corrected chi connectivity index (χ1v) is 14.2. The number of nitrogens with one attached hydrogen (secondary N) is 2. The second kappa shape index (κ2) is 11.7. The first-order chi connectivity index (χ1) is 19.8. The molecule has 1 aliphatic rings. The highest BCUT2D eigenvalue weighted by atomic mass is 32.1. The lowest BCUT2D eigenvalue weighted by Crippen LogP contribution is -2.46. The molecule has 1 aromatic carbocycles. The molecule has 0 bridgehead atoms. The number of carbonyl (C=O) groups is 1. The maximum absolute atomic E-state index is 14.7. The third kappa shape index (κ3) is 6.45. The molecule has 0 radical (unpaired) electrons. The molecule has 1 aliphatic heterocycles. The second-order valence-electron chi connectivity index (χ2n) is 10.9. The summed E-state index contributed by atoms with van der Waals surface area (Å²) in [5, 5.41) is 10.3. The van der Waals surface area contributed by atoms with Crippen LogP contribution in [0.25, 0.3) is 22.4 Å². The van der Waals surface area contributed by atoms with Crippen LogP contribution in [0.3, 0.4) is 0 Å². The van der Waals surface area contributed by atoms with Gasteiger partial charge in [0.1, 0.15) is 12.7 Å². The Balaban J connectivity index is 1.39. The van der Waals surface area contributed by atoms with Gasteiger partial charge < -0.3 is 29.4 Å². The Bertz CT molecular complexity index is 1560. The number of rotatable bonds is 9. The first kappa shape index (κ1) is 30.0. The zero-order valence-corrected chi connectivity index (χ0v) is 24.4. The van der Waals surface area contributed by atoms with Crippen LogP contribution in [-0.2, 0) is 23.4 Å². The minimum Gasteiger partial charge on any atom is -0.379 e. The summed E-state index contributed by atoms with van der Waals surface area (Å²) in [5.74, 6) is -0.394. The maximum Gasteiger partial charge on any atom is 0.406 e. The minimum absolute atomic E-state index is 0.0288. The SMILES string of the molecule is COC(C)(C)c1ccc(C(=O)NCc2nc(-c3cc4c(N[C@@H]5CCN(C)C[C@@H]5F)cccc4n3CC(F)(F)F)no2)s1. The highest BCUT2D eigenvalue weighted by Gasteiger charge is 2.32. The second-order valence-corrected chi connectivity index (χ2v) is 11.9. The Morgan fingerprint density at radius 2 is 2.02 bits per heavy atom. The van der Waals surface area contributed by atoms with Crippen LogP contribution in [0.1, 0.15) is 40.7 Å². The van der Waals surface area contributed by atoms with Crippen molar-refractivity contribution in [3.63, 3.8) is 0 Å². The zero-order valence-electron chi connectivity index (χ0n) is 23.6. The molecule has 0 unspecified atom stereocenters. The Labute approximate surface area is 243 Å². The fourth-order valence-corrected chi connectivity index (χ4v) is 5.93. The van der Waals surface area contributed by atoms with Gasteiger partial charge in [-0.2, -0.15) is 18.2 Å². The number of fused-ring (bicyclic) bond motifs is 1. The smallest absolute Gasteiger partial charge is 0.379 e. The van der Waals surface area contributed by atoms with Crippen LogP contribution in [-0.4, -0.2) is 71.2 Å². The number of anilines is 1. The number of nitrogens with zero attached hydrogens (tertiary/aromatic N) is 4. The van der Waals surface area contributed by atoms with E-state index in [0.29, 0.717) is 34.4 Å². The van der Waals surface area contributed by atoms with E-state index in [1.807, 2.05) is 31.9 Å². The van der Waals surface area contributed by atoms with E-state index in [4.69, 9.17) is 9.26 Å². The molecular formula is C28H32F4N6O3S. The average molecular weight is 609 g/mol. The fourth-order valence-electron chi connectivity index (χ4n) is 4.92. The minimum atomic E-state index is -4.53. The highest BCUT2D eigenvalue weighted by molar-refractivity contribution is 7.14. The van der Waals surface area contributed by atoms with Crippen LogP contribution in [0, 0.1) is 0 Å². The van der Waals surface area contributed by atoms with Gasteiger partial charge in [-0.3, -0.25) is 4.79 Å². The normalized spacial score (nSPS) is 18.5. The van der Waals surface area contributed by atoms with Gasteiger partial charge in [-0.25, -0.2) is 4.39 Å². The third-order valence-electron chi connectivity index (χ3n) is 7.40. The Morgan fingerprint density at radius 3 is 2.74 bits per heavy atom. The third-order valence-corrected chi connectivity index (χ3v) is 8.79. The Hall–Kier alpha value is -3.49. The molecule has 0 saturated carbocycles. The van der Waals surface area contributed by atoms with Gasteiger partial charge in [0, 0.05) is 36.2 Å². The molecule has 4 aromatic rings. The van der Waals surface area contributed by atoms with Crippen LogP contribution in [0.5, 0.6) is 0 Å². The molecule has 9 nitrogen and oxygen atoms in total. The monoisotopic (exact) mass is 608 g/mol. The molecule has 1 saturated heterocycles. The van der Waals surface area contributed by atoms with Crippen LogP contribution >= 0.6 is 11.3 Å². The lowest BCUT2D eigenvalue weighted by molar-refractivity contribution is -0.139. The summed E-state index contributed by atoms with van der Waals surface area (Å²) in [6.45, 7) is 3.36. The lowest BCUT2D eigenvalue weighted by Gasteiger charge is -2.33. The number of hydrogen-bond donors (Lipinski definition) is 2. The van der Waals surface area contributed by atoms with Crippen molar-refractivity contribution in [3.8, 4) is 11.5 Å². The van der Waals surface area contributed by atoms with Gasteiger partial charge in [-0.15, -0.1) is 11.3 Å². The average Bonchev–Trinajstić information content (AvgIpc) is 3.68. The van der Waals surface area contributed by atoms with E-state index < -0.39 is 30.5 Å². The number of piperidine rings is 1. The molecule has 14 heteroatoms. The quantitative estimate of drug-likeness (QED) is 0.240. The van der Waals surface area contributed by atoms with Gasteiger partial charge >= 0.3 is 6.18 Å². The number of methoxy groups -OCH3 is 1. The number of alkyl halides is 4. The fraction of sp³-hybridized carbons (Fsp3) is 0.464. The van der Waals surface area contributed by atoms with Gasteiger partial charge in [0.15, 0.2) is 0 Å². The van der Waals surface area contributed by atoms with E-state index in [9.17, 15) is 22.4 Å². The molecule has 3 aromatic heterocycles. The van der Waals surface area contributed by atoms with Crippen molar-refractivity contribution in [2.24, 2.45) is 0 Å². The largest absolute Gasteiger partial charge is 0.406 e. The van der Waals surface area contributed by atoms with Crippen molar-refractivity contribution < 1.29 is 31.6 Å². The molecule has 4 heterocycles. The molecular weight excluding hydrogens is 576 g/mol. The summed E-state index contributed by atoms with van der Waals surface area (Å²) in [6, 6.07) is 9.49. The van der Waals surface area contributed by atoms with Crippen molar-refractivity contribution in [3.05, 3.63) is 52.0 Å². The van der Waals surface area contributed by atoms with Crippen molar-refractivity contribution in [2.75, 3.05) is 32.6 Å². The molecule has 0 spiro atoms. The van der Waals surface area contributed by atoms with Crippen LogP contribution in [0.15, 0.2) is 40.9 Å². The number of benzene rings is 1. The zero-order chi connectivity index (χ0) is 30.2. The summed E-state index contributed by atoms with van der Waals surface area (Å²) in [4.78, 5) is 20.2. The summed E-state index contributed by atoms with van der Waals surface area (Å²) in [5.41, 5.74) is 0.357. The summed E-state index contributed by atoms with van der Waals surface area (Å²) >= 11 is 1.29. The number of thiophene rings is 1. The number of amides is 1. The van der Waals surface area contributed by atoms with Crippen molar-refractivity contribution >= 4 is 33.8 Å². The molecule has 0 aliphatic carbocycles. The van der Waals surface area contributed by atoms with Gasteiger partial charge in [-0.05, 0) is 57.6 Å². The van der Waals surface area contributed by atoms with Gasteiger partial charge in [0.2, 0.25) is 11.7 Å². The van der Waals surface area contributed by atoms with E-state index in [1.54, 1.807) is 37.4 Å². The van der Waals surface area contributed by atoms with Gasteiger partial charge in [0.05, 0.1) is 34.3 Å². The van der Waals surface area contributed by atoms with E-state index in [0.717, 1.165) is 9.44 Å². The molecule has 2 N–H and O–H groups in total. The number of ether oxygens (including phenoxy) is 1. The van der Waals surface area contributed by atoms with E-state index in [-0.39, 0.29) is 36.4 Å². The van der Waals surface area contributed by atoms with Crippen molar-refractivity contribution in [1.29, 1.82) is 0 Å². The van der Waals surface area contributed by atoms with E-state index in [2.05, 4.69) is 20.8 Å². The lowest BCUT2D eigenvalue weighted by atomic mass is 10.0. The van der Waals surface area contributed by atoms with E-state index >= 15 is 0 Å². The Morgan fingerprint density at radius 1 is 1.24 bits per heavy atom. The molecule has 42 heavy (non-hydrogen) atoms. The van der Waals surface area contributed by atoms with Crippen LogP contribution < -0.4 is 10.6 Å². The van der Waals surface area contributed by atoms with E-state index in [1.165, 1.54) is 11.3 Å². The standard InChI is InChI=1S/C28H32F4N6O3S/c1-27(2,40-4)23-9-8-22(42-23)26(39)33-13-24-35-25(36-41-24)21-12-16-18(34-19-10-11-37(3)14-17(19)29)6-5-7-20(16)38(21)15-28(30,31)32/h5-9,12,17,19,34H,10-11,13-15H2,1-4H3,(H,33,39)/t17-,19+/m0/s1. The predicted molar refractivity (Wildman–Crippen MR) is 151 cm³/mol. The Kier molecular flexibility index (Phi) is 8.32. The number of likely N-dealkylation sites (tertiary alicyclic amines) is 1. The van der Waals surface area contributed by atoms with Crippen molar-refractivity contribution in [2.45, 2.75) is 57.3 Å². The summed E-state index contributed by atoms with van der Waals surface area (Å²) in [6.07, 6.45) is -5.10. The number of hydrogen-bond acceptors (Lipinski definition) is 8. The van der Waals surface area contributed by atoms with Gasteiger partial charge in [-0.1, -0.05) is 11.2 Å². The summed E-state index contributed by atoms with van der Waals surface area (Å²) < 4.78 is 67.6. The summed E-state index contributed by atoms with van der Waals surface area (Å²) in [7, 11) is 3.44. The molecule has 226 valence electrons. The maximum atomic E-state index is 14.7. The number of aromatic nitrogens is 3. The van der Waals surface area contributed by atoms with Crippen molar-refractivity contribution in [1.82, 2.24) is 24.9 Å². The topological polar surface area (TPSA) is 97.4 Å². The first-order valence-electron chi connectivity index (χ1n) is 13.4. The van der Waals surface area contributed by atoms with Crippen LogP contribution in [0.4, 0.5) is 23.2 Å². The predicted octanol–water partition coefficient (Wildman–Crippen LogP) is 5.58. The van der Waals surface area contributed by atoms with Gasteiger partial charge in [0.25, 0.3) is 5.91 Å².